The minimum atomic E-state index is -0.520. The van der Waals surface area contributed by atoms with Gasteiger partial charge in [-0.1, -0.05) is 29.3 Å². The summed E-state index contributed by atoms with van der Waals surface area (Å²) in [5.41, 5.74) is 2.12. The minimum Gasteiger partial charge on any atom is -0.491 e. The van der Waals surface area contributed by atoms with Crippen molar-refractivity contribution in [1.29, 1.82) is 0 Å². The molecule has 3 atom stereocenters. The molecule has 8 heteroatoms. The van der Waals surface area contributed by atoms with Crippen LogP contribution in [0, 0.1) is 0 Å². The van der Waals surface area contributed by atoms with Crippen LogP contribution in [0.2, 0.25) is 10.0 Å². The first kappa shape index (κ1) is 22.5. The van der Waals surface area contributed by atoms with Crippen LogP contribution in [0.1, 0.15) is 30.9 Å². The molecule has 3 heterocycles. The summed E-state index contributed by atoms with van der Waals surface area (Å²) < 4.78 is 20.2. The van der Waals surface area contributed by atoms with E-state index in [-0.39, 0.29) is 12.1 Å². The van der Waals surface area contributed by atoms with Crippen molar-refractivity contribution in [1.82, 2.24) is 9.55 Å². The molecule has 0 spiro atoms. The van der Waals surface area contributed by atoms with Crippen molar-refractivity contribution in [3.05, 3.63) is 76.8 Å². The second kappa shape index (κ2) is 10.3. The summed E-state index contributed by atoms with van der Waals surface area (Å²) in [7, 11) is 0. The summed E-state index contributed by atoms with van der Waals surface area (Å²) in [6.07, 6.45) is 8.47. The molecule has 0 saturated carbocycles. The van der Waals surface area contributed by atoms with Crippen LogP contribution in [0.25, 0.3) is 0 Å². The minimum absolute atomic E-state index is 0.186. The highest BCUT2D eigenvalue weighted by molar-refractivity contribution is 6.35. The van der Waals surface area contributed by atoms with E-state index in [4.69, 9.17) is 37.4 Å². The van der Waals surface area contributed by atoms with Crippen LogP contribution in [0.3, 0.4) is 0 Å². The number of benzene rings is 2. The van der Waals surface area contributed by atoms with Crippen LogP contribution in [0.15, 0.2) is 61.2 Å². The Balaban J connectivity index is 1.22. The highest BCUT2D eigenvalue weighted by Crippen LogP contribution is 2.35. The van der Waals surface area contributed by atoms with Gasteiger partial charge in [0.2, 0.25) is 0 Å². The Hall–Kier alpha value is -2.25. The van der Waals surface area contributed by atoms with Gasteiger partial charge in [-0.25, -0.2) is 4.98 Å². The highest BCUT2D eigenvalue weighted by Gasteiger charge is 2.36. The third-order valence-electron chi connectivity index (χ3n) is 6.15. The summed E-state index contributed by atoms with van der Waals surface area (Å²) in [4.78, 5) is 6.61. The fraction of sp³-hybridized carbons (Fsp3) is 0.400. The van der Waals surface area contributed by atoms with Gasteiger partial charge >= 0.3 is 0 Å². The number of nitrogens with zero attached hydrogens (tertiary/aromatic N) is 3. The van der Waals surface area contributed by atoms with Gasteiger partial charge in [0.1, 0.15) is 24.5 Å². The number of hydrogen-bond acceptors (Lipinski definition) is 5. The van der Waals surface area contributed by atoms with Crippen LogP contribution < -0.4 is 9.64 Å². The van der Waals surface area contributed by atoms with Crippen LogP contribution in [-0.2, 0) is 9.47 Å². The summed E-state index contributed by atoms with van der Waals surface area (Å²) >= 11 is 12.6. The molecule has 3 aromatic rings. The van der Waals surface area contributed by atoms with Crippen LogP contribution >= 0.6 is 23.2 Å². The molecule has 33 heavy (non-hydrogen) atoms. The van der Waals surface area contributed by atoms with Gasteiger partial charge in [0.05, 0.1) is 12.9 Å². The second-order valence-corrected chi connectivity index (χ2v) is 9.28. The Morgan fingerprint density at radius 2 is 1.88 bits per heavy atom. The maximum absolute atomic E-state index is 6.51. The van der Waals surface area contributed by atoms with E-state index in [1.54, 1.807) is 18.6 Å². The van der Waals surface area contributed by atoms with Gasteiger partial charge in [-0.05, 0) is 61.2 Å². The first-order valence-electron chi connectivity index (χ1n) is 11.3. The van der Waals surface area contributed by atoms with Gasteiger partial charge in [0.15, 0.2) is 6.29 Å². The van der Waals surface area contributed by atoms with Gasteiger partial charge in [-0.2, -0.15) is 0 Å². The van der Waals surface area contributed by atoms with Gasteiger partial charge in [-0.3, -0.25) is 0 Å². The van der Waals surface area contributed by atoms with Crippen molar-refractivity contribution in [2.24, 2.45) is 0 Å². The van der Waals surface area contributed by atoms with Gasteiger partial charge in [0, 0.05) is 41.2 Å². The Bertz CT molecular complexity index is 1040. The van der Waals surface area contributed by atoms with Crippen LogP contribution in [-0.4, -0.2) is 48.2 Å². The van der Waals surface area contributed by atoms with Gasteiger partial charge in [0.25, 0.3) is 0 Å². The number of hydrogen-bond donors (Lipinski definition) is 0. The number of halogens is 2. The summed E-state index contributed by atoms with van der Waals surface area (Å²) in [6.45, 7) is 3.10. The van der Waals surface area contributed by atoms with E-state index in [1.165, 1.54) is 24.9 Å². The predicted octanol–water partition coefficient (Wildman–Crippen LogP) is 5.59. The fourth-order valence-electron chi connectivity index (χ4n) is 4.44. The summed E-state index contributed by atoms with van der Waals surface area (Å²) in [5, 5.41) is 1.14. The van der Waals surface area contributed by atoms with Gasteiger partial charge < -0.3 is 23.7 Å². The molecule has 0 N–H and O–H groups in total. The van der Waals surface area contributed by atoms with E-state index in [0.29, 0.717) is 23.3 Å². The molecule has 3 unspecified atom stereocenters. The smallest absolute Gasteiger partial charge is 0.183 e. The van der Waals surface area contributed by atoms with Gasteiger partial charge in [-0.15, -0.1) is 0 Å². The molecule has 2 saturated heterocycles. The number of anilines is 1. The van der Waals surface area contributed by atoms with E-state index in [9.17, 15) is 0 Å². The van der Waals surface area contributed by atoms with Crippen molar-refractivity contribution < 1.29 is 14.2 Å². The highest BCUT2D eigenvalue weighted by atomic mass is 35.5. The maximum atomic E-state index is 6.51. The zero-order valence-electron chi connectivity index (χ0n) is 18.3. The predicted molar refractivity (Wildman–Crippen MR) is 129 cm³/mol. The quantitative estimate of drug-likeness (QED) is 0.434. The first-order chi connectivity index (χ1) is 16.2. The number of imidazole rings is 1. The van der Waals surface area contributed by atoms with E-state index in [0.717, 1.165) is 24.4 Å². The van der Waals surface area contributed by atoms with Crippen molar-refractivity contribution in [3.8, 4) is 5.75 Å². The maximum Gasteiger partial charge on any atom is 0.183 e. The Labute approximate surface area is 204 Å². The van der Waals surface area contributed by atoms with Crippen LogP contribution in [0.5, 0.6) is 5.75 Å². The summed E-state index contributed by atoms with van der Waals surface area (Å²) in [5.74, 6) is 0.828. The normalized spacial score (nSPS) is 21.8. The number of rotatable bonds is 7. The molecule has 174 valence electrons. The third kappa shape index (κ3) is 5.30. The molecule has 2 aromatic carbocycles. The lowest BCUT2D eigenvalue weighted by Gasteiger charge is -2.28. The lowest BCUT2D eigenvalue weighted by atomic mass is 10.1. The first-order valence-corrected chi connectivity index (χ1v) is 12.1. The molecule has 0 aliphatic carbocycles. The number of ether oxygens (including phenoxy) is 3. The Kier molecular flexibility index (Phi) is 7.07. The molecule has 0 bridgehead atoms. The van der Waals surface area contributed by atoms with Crippen LogP contribution in [0.4, 0.5) is 5.69 Å². The standard InChI is InChI=1S/C25H27Cl2N3O3/c26-18-4-9-22(23(27)14-18)24(30-13-10-28-17-30)25-32-16-21(33-25)15-31-20-7-5-19(6-8-20)29-11-2-1-3-12-29/h4-10,13-14,17,21,24-25H,1-3,11-12,15-16H2. The molecular formula is C25H27Cl2N3O3. The monoisotopic (exact) mass is 487 g/mol. The van der Waals surface area contributed by atoms with E-state index in [1.807, 2.05) is 35.0 Å². The fourth-order valence-corrected chi connectivity index (χ4v) is 4.96. The number of piperidine rings is 1. The van der Waals surface area contributed by atoms with Crippen molar-refractivity contribution >= 4 is 28.9 Å². The lowest BCUT2D eigenvalue weighted by molar-refractivity contribution is -0.0860. The second-order valence-electron chi connectivity index (χ2n) is 8.43. The average molecular weight is 488 g/mol. The summed E-state index contributed by atoms with van der Waals surface area (Å²) in [6, 6.07) is 13.5. The van der Waals surface area contributed by atoms with Crippen molar-refractivity contribution in [2.75, 3.05) is 31.2 Å². The molecule has 6 nitrogen and oxygen atoms in total. The Morgan fingerprint density at radius 1 is 1.06 bits per heavy atom. The topological polar surface area (TPSA) is 48.8 Å². The van der Waals surface area contributed by atoms with E-state index >= 15 is 0 Å². The average Bonchev–Trinajstić information content (AvgIpc) is 3.53. The SMILES string of the molecule is Clc1ccc(C(C2OCC(COc3ccc(N4CCCCC4)cc3)O2)n2ccnc2)c(Cl)c1. The molecule has 0 amide bonds. The molecule has 2 aliphatic heterocycles. The van der Waals surface area contributed by atoms with E-state index < -0.39 is 6.29 Å². The van der Waals surface area contributed by atoms with Crippen molar-refractivity contribution in [2.45, 2.75) is 37.7 Å². The zero-order chi connectivity index (χ0) is 22.6. The molecule has 1 aromatic heterocycles. The number of aromatic nitrogens is 2. The largest absolute Gasteiger partial charge is 0.491 e. The molecule has 2 fully saturated rings. The van der Waals surface area contributed by atoms with E-state index in [2.05, 4.69) is 22.0 Å². The van der Waals surface area contributed by atoms with Crippen molar-refractivity contribution in [3.63, 3.8) is 0 Å². The zero-order valence-corrected chi connectivity index (χ0v) is 19.8. The molecule has 2 aliphatic rings. The lowest BCUT2D eigenvalue weighted by Crippen LogP contribution is -2.29. The third-order valence-corrected chi connectivity index (χ3v) is 6.71. The Morgan fingerprint density at radius 3 is 2.61 bits per heavy atom. The molecule has 0 radical (unpaired) electrons. The molecular weight excluding hydrogens is 461 g/mol. The molecule has 5 rings (SSSR count).